The Kier molecular flexibility index (Phi) is 10.1. The predicted octanol–water partition coefficient (Wildman–Crippen LogP) is 7.84. The number of halogens is 15. The molecule has 1 unspecified atom stereocenters. The summed E-state index contributed by atoms with van der Waals surface area (Å²) in [6, 6.07) is 3.96. The number of benzene rings is 1. The van der Waals surface area contributed by atoms with Crippen molar-refractivity contribution >= 4 is 35.1 Å². The number of ether oxygens (including phenoxy) is 1. The second kappa shape index (κ2) is 12.8. The third-order valence-electron chi connectivity index (χ3n) is 6.31. The summed E-state index contributed by atoms with van der Waals surface area (Å²) in [7, 11) is 0.647. The quantitative estimate of drug-likeness (QED) is 0.161. The molecule has 8 nitrogen and oxygen atoms in total. The highest BCUT2D eigenvalue weighted by atomic mass is 35.5. The van der Waals surface area contributed by atoms with Crippen LogP contribution in [-0.2, 0) is 13.2 Å². The van der Waals surface area contributed by atoms with E-state index in [1.54, 1.807) is 0 Å². The zero-order valence-electron chi connectivity index (χ0n) is 23.2. The number of carbonyl (C=O) groups excluding carboxylic acids is 1. The van der Waals surface area contributed by atoms with Gasteiger partial charge in [0.1, 0.15) is 5.54 Å². The third-order valence-corrected chi connectivity index (χ3v) is 6.64. The number of nitrogens with two attached hydrogens (primary N) is 1. The van der Waals surface area contributed by atoms with Crippen LogP contribution in [0.1, 0.15) is 34.3 Å². The van der Waals surface area contributed by atoms with Gasteiger partial charge >= 0.3 is 24.6 Å². The summed E-state index contributed by atoms with van der Waals surface area (Å²) in [5.74, 6) is -11.5. The van der Waals surface area contributed by atoms with Crippen LogP contribution in [0.15, 0.2) is 41.2 Å². The number of hydrogen-bond acceptors (Lipinski definition) is 6. The van der Waals surface area contributed by atoms with Gasteiger partial charge in [0.05, 0.1) is 16.7 Å². The van der Waals surface area contributed by atoms with E-state index in [1.165, 1.54) is 6.07 Å². The smallest absolute Gasteiger partial charge is 0.410 e. The molecule has 1 aromatic heterocycles. The first-order chi connectivity index (χ1) is 21.8. The molecule has 23 heteroatoms. The molecule has 1 atom stereocenters. The number of nitrogens with zero attached hydrogens (tertiary/aromatic N) is 5. The number of rotatable bonds is 9. The first-order valence-electron chi connectivity index (χ1n) is 12.4. The Labute approximate surface area is 263 Å². The Hall–Kier alpha value is -4.55. The molecule has 0 aliphatic heterocycles. The zero-order chi connectivity index (χ0) is 36.8. The van der Waals surface area contributed by atoms with E-state index in [9.17, 15) is 71.5 Å². The van der Waals surface area contributed by atoms with Gasteiger partial charge < -0.3 is 10.5 Å². The molecule has 1 aliphatic rings. The molecule has 48 heavy (non-hydrogen) atoms. The van der Waals surface area contributed by atoms with Crippen LogP contribution < -0.4 is 10.5 Å². The van der Waals surface area contributed by atoms with Gasteiger partial charge in [0.15, 0.2) is 11.4 Å². The second-order valence-corrected chi connectivity index (χ2v) is 10.1. The van der Waals surface area contributed by atoms with Crippen molar-refractivity contribution in [3.8, 4) is 11.9 Å². The van der Waals surface area contributed by atoms with Crippen LogP contribution in [0.4, 0.5) is 67.3 Å². The van der Waals surface area contributed by atoms with Crippen LogP contribution >= 0.6 is 11.6 Å². The lowest BCUT2D eigenvalue weighted by Gasteiger charge is -2.26. The first-order valence-corrected chi connectivity index (χ1v) is 12.8. The normalized spacial score (nSPS) is 16.8. The number of aliphatic imine (C=N–C) groups is 1. The van der Waals surface area contributed by atoms with Crippen molar-refractivity contribution in [3.05, 3.63) is 57.9 Å². The molecule has 0 saturated heterocycles. The van der Waals surface area contributed by atoms with Crippen LogP contribution in [0.5, 0.6) is 5.88 Å². The van der Waals surface area contributed by atoms with Crippen LogP contribution in [0.25, 0.3) is 5.57 Å². The van der Waals surface area contributed by atoms with Gasteiger partial charge in [-0.25, -0.2) is 14.1 Å². The van der Waals surface area contributed by atoms with Crippen molar-refractivity contribution in [2.24, 2.45) is 17.8 Å². The fourth-order valence-corrected chi connectivity index (χ4v) is 4.05. The van der Waals surface area contributed by atoms with Gasteiger partial charge in [-0.3, -0.25) is 9.69 Å². The van der Waals surface area contributed by atoms with Gasteiger partial charge in [-0.15, -0.1) is 5.10 Å². The molecular weight excluding hydrogens is 718 g/mol. The molecule has 2 aromatic rings. The number of nitriles is 1. The summed E-state index contributed by atoms with van der Waals surface area (Å²) in [6.07, 6.45) is -28.5. The van der Waals surface area contributed by atoms with E-state index in [0.29, 0.717) is 25.5 Å². The molecular formula is C25H15ClF14N6O2. The lowest BCUT2D eigenvalue weighted by Crippen LogP contribution is -2.46. The van der Waals surface area contributed by atoms with Crippen LogP contribution in [0.3, 0.4) is 0 Å². The maximum absolute atomic E-state index is 14.8. The average molecular weight is 733 g/mol. The fraction of sp³-hybridized carbons (Fsp3) is 0.360. The Balaban J connectivity index is 2.08. The summed E-state index contributed by atoms with van der Waals surface area (Å²) in [6.45, 7) is 0. The summed E-state index contributed by atoms with van der Waals surface area (Å²) in [5.41, 5.74) is -0.764. The lowest BCUT2D eigenvalue weighted by molar-refractivity contribution is -0.306. The second-order valence-electron chi connectivity index (χ2n) is 9.65. The summed E-state index contributed by atoms with van der Waals surface area (Å²) >= 11 is 5.96. The summed E-state index contributed by atoms with van der Waals surface area (Å²) in [4.78, 5) is 16.2. The first kappa shape index (κ1) is 37.9. The Morgan fingerprint density at radius 3 is 2.19 bits per heavy atom. The molecule has 1 fully saturated rings. The number of aromatic nitrogens is 2. The summed E-state index contributed by atoms with van der Waals surface area (Å²) in [5, 5.41) is 11.7. The van der Waals surface area contributed by atoms with Crippen molar-refractivity contribution in [1.29, 1.82) is 5.26 Å². The Morgan fingerprint density at radius 2 is 1.73 bits per heavy atom. The van der Waals surface area contributed by atoms with Crippen molar-refractivity contribution in [2.75, 3.05) is 0 Å². The highest BCUT2D eigenvalue weighted by Crippen LogP contribution is 2.48. The maximum Gasteiger partial charge on any atom is 0.447 e. The number of hydrogen-bond donors (Lipinski definition) is 1. The molecule has 262 valence electrons. The predicted molar refractivity (Wildman–Crippen MR) is 136 cm³/mol. The van der Waals surface area contributed by atoms with Gasteiger partial charge in [0.2, 0.25) is 5.95 Å². The van der Waals surface area contributed by atoms with Gasteiger partial charge in [-0.1, -0.05) is 17.7 Å². The lowest BCUT2D eigenvalue weighted by atomic mass is 10.0. The standard InChI is InChI=1S/C25H15ClF14N6O2/c1-45-17(14(22(30,31)32)18(44-45)48-25(39,40)20(29)24(36,37)38)43-8-11(7-41)10-2-3-13(26)12(6-10)19(47)46(21(9-42)4-5-21)16(28)15(27)23(33,34)35/h2-3,6-8,20H,4-5,41H2,1H3/b11-7?,16-15-,43-8?. The van der Waals surface area contributed by atoms with E-state index >= 15 is 0 Å². The number of aryl methyl sites for hydroxylation is 1. The largest absolute Gasteiger partial charge is 0.447 e. The highest BCUT2D eigenvalue weighted by molar-refractivity contribution is 6.34. The minimum atomic E-state index is -6.25. The van der Waals surface area contributed by atoms with Crippen LogP contribution in [-0.4, -0.2) is 57.0 Å². The van der Waals surface area contributed by atoms with E-state index in [4.69, 9.17) is 17.3 Å². The monoisotopic (exact) mass is 732 g/mol. The molecule has 3 rings (SSSR count). The summed E-state index contributed by atoms with van der Waals surface area (Å²) < 4.78 is 191. The third kappa shape index (κ3) is 7.60. The SMILES string of the molecule is Cn1nc(OC(F)(F)C(F)C(F)(F)F)c(C(F)(F)F)c1N=CC(=CN)c1ccc(Cl)c(C(=O)N(/C(F)=C(\F)C(F)(F)F)C2(C#N)CC2)c1. The number of carbonyl (C=O) groups is 1. The molecule has 0 spiro atoms. The van der Waals surface area contributed by atoms with Crippen molar-refractivity contribution in [3.63, 3.8) is 0 Å². The molecule has 1 amide bonds. The number of alkyl halides is 12. The van der Waals surface area contributed by atoms with Crippen LogP contribution in [0, 0.1) is 11.3 Å². The van der Waals surface area contributed by atoms with E-state index < -0.39 is 92.4 Å². The minimum absolute atomic E-state index is 0.107. The van der Waals surface area contributed by atoms with E-state index in [0.717, 1.165) is 12.1 Å². The van der Waals surface area contributed by atoms with E-state index in [-0.39, 0.29) is 23.1 Å². The van der Waals surface area contributed by atoms with Crippen molar-refractivity contribution in [2.45, 2.75) is 49.2 Å². The highest BCUT2D eigenvalue weighted by Gasteiger charge is 2.60. The minimum Gasteiger partial charge on any atom is -0.410 e. The van der Waals surface area contributed by atoms with E-state index in [1.807, 2.05) is 0 Å². The molecule has 0 bridgehead atoms. The van der Waals surface area contributed by atoms with Gasteiger partial charge in [-0.05, 0) is 30.5 Å². The van der Waals surface area contributed by atoms with Gasteiger partial charge in [0, 0.05) is 25.0 Å². The van der Waals surface area contributed by atoms with Crippen molar-refractivity contribution in [1.82, 2.24) is 14.7 Å². The Morgan fingerprint density at radius 1 is 1.15 bits per heavy atom. The number of allylic oxidation sites excluding steroid dienone is 2. The van der Waals surface area contributed by atoms with Gasteiger partial charge in [0.25, 0.3) is 23.8 Å². The molecule has 1 aliphatic carbocycles. The molecule has 0 radical (unpaired) electrons. The molecule has 2 N–H and O–H groups in total. The Bertz CT molecular complexity index is 1720. The fourth-order valence-electron chi connectivity index (χ4n) is 3.85. The molecule has 1 heterocycles. The number of amides is 1. The average Bonchev–Trinajstić information content (AvgIpc) is 3.68. The van der Waals surface area contributed by atoms with Gasteiger partial charge in [-0.2, -0.15) is 62.3 Å². The van der Waals surface area contributed by atoms with Crippen LogP contribution in [0.2, 0.25) is 5.02 Å². The topological polar surface area (TPSA) is 110 Å². The molecule has 1 aromatic carbocycles. The molecule has 1 saturated carbocycles. The maximum atomic E-state index is 14.8. The van der Waals surface area contributed by atoms with E-state index in [2.05, 4.69) is 14.8 Å². The van der Waals surface area contributed by atoms with Crippen molar-refractivity contribution < 1.29 is 71.0 Å². The zero-order valence-corrected chi connectivity index (χ0v) is 23.9.